The molecule has 0 N–H and O–H groups in total. The molecular formula is C40H24N2O. The second-order valence-corrected chi connectivity index (χ2v) is 11.4. The molecule has 0 amide bonds. The van der Waals surface area contributed by atoms with Crippen molar-refractivity contribution < 1.29 is 4.42 Å². The number of rotatable bonds is 2. The predicted molar refractivity (Wildman–Crippen MR) is 180 cm³/mol. The molecule has 0 unspecified atom stereocenters. The van der Waals surface area contributed by atoms with Gasteiger partial charge in [0.15, 0.2) is 0 Å². The Balaban J connectivity index is 1.30. The number of para-hydroxylation sites is 4. The zero-order chi connectivity index (χ0) is 28.1. The lowest BCUT2D eigenvalue weighted by Crippen LogP contribution is -1.95. The maximum Gasteiger partial charge on any atom is 0.136 e. The lowest BCUT2D eigenvalue weighted by molar-refractivity contribution is 0.669. The summed E-state index contributed by atoms with van der Waals surface area (Å²) >= 11 is 0. The molecule has 43 heavy (non-hydrogen) atoms. The number of fused-ring (bicyclic) bond motifs is 11. The van der Waals surface area contributed by atoms with E-state index in [1.54, 1.807) is 0 Å². The molecule has 0 saturated heterocycles. The number of hydrogen-bond acceptors (Lipinski definition) is 1. The molecule has 3 aromatic heterocycles. The van der Waals surface area contributed by atoms with Gasteiger partial charge in [-0.05, 0) is 77.5 Å². The average molecular weight is 549 g/mol. The van der Waals surface area contributed by atoms with Crippen molar-refractivity contribution in [2.75, 3.05) is 0 Å². The van der Waals surface area contributed by atoms with Crippen molar-refractivity contribution in [3.05, 3.63) is 146 Å². The van der Waals surface area contributed by atoms with Gasteiger partial charge in [0, 0.05) is 43.7 Å². The van der Waals surface area contributed by atoms with Crippen LogP contribution in [0.1, 0.15) is 0 Å². The van der Waals surface area contributed by atoms with Crippen molar-refractivity contribution in [3.63, 3.8) is 0 Å². The number of nitrogens with zero attached hydrogens (tertiary/aromatic N) is 2. The fraction of sp³-hybridized carbons (Fsp3) is 0. The first-order chi connectivity index (χ1) is 21.3. The average Bonchev–Trinajstić information content (AvgIpc) is 3.71. The van der Waals surface area contributed by atoms with Gasteiger partial charge in [-0.1, -0.05) is 78.9 Å². The van der Waals surface area contributed by atoms with Crippen LogP contribution in [0.25, 0.3) is 87.7 Å². The molecule has 0 bridgehead atoms. The molecule has 3 heterocycles. The van der Waals surface area contributed by atoms with E-state index < -0.39 is 0 Å². The summed E-state index contributed by atoms with van der Waals surface area (Å²) in [5, 5.41) is 9.76. The van der Waals surface area contributed by atoms with Gasteiger partial charge in [0.25, 0.3) is 0 Å². The third kappa shape index (κ3) is 3.08. The van der Waals surface area contributed by atoms with E-state index in [2.05, 4.69) is 149 Å². The van der Waals surface area contributed by atoms with E-state index >= 15 is 0 Å². The summed E-state index contributed by atoms with van der Waals surface area (Å²) in [6.07, 6.45) is 0. The number of hydrogen-bond donors (Lipinski definition) is 0. The van der Waals surface area contributed by atoms with E-state index in [1.807, 2.05) is 6.07 Å². The maximum atomic E-state index is 6.24. The molecule has 200 valence electrons. The molecule has 0 aliphatic carbocycles. The monoisotopic (exact) mass is 548 g/mol. The van der Waals surface area contributed by atoms with Crippen LogP contribution in [-0.4, -0.2) is 9.13 Å². The van der Waals surface area contributed by atoms with E-state index in [9.17, 15) is 0 Å². The van der Waals surface area contributed by atoms with E-state index in [0.29, 0.717) is 0 Å². The molecule has 3 heteroatoms. The molecular weight excluding hydrogens is 524 g/mol. The second-order valence-electron chi connectivity index (χ2n) is 11.4. The zero-order valence-corrected chi connectivity index (χ0v) is 23.2. The van der Waals surface area contributed by atoms with Gasteiger partial charge < -0.3 is 13.6 Å². The van der Waals surface area contributed by atoms with Crippen molar-refractivity contribution in [1.29, 1.82) is 0 Å². The minimum Gasteiger partial charge on any atom is -0.456 e. The summed E-state index contributed by atoms with van der Waals surface area (Å²) in [6, 6.07) is 52.4. The van der Waals surface area contributed by atoms with Crippen LogP contribution in [-0.2, 0) is 0 Å². The molecule has 0 spiro atoms. The first kappa shape index (κ1) is 22.8. The SMILES string of the molecule is c1ccc(-n2c3ccccc3c3cc(-n4c5ccccc5c5cc6c(ccc7oc8ccccc8c76)cc54)ccc32)cc1. The quantitative estimate of drug-likeness (QED) is 0.211. The van der Waals surface area contributed by atoms with Crippen LogP contribution in [0.3, 0.4) is 0 Å². The van der Waals surface area contributed by atoms with Crippen molar-refractivity contribution in [2.24, 2.45) is 0 Å². The molecule has 7 aromatic carbocycles. The van der Waals surface area contributed by atoms with Crippen LogP contribution in [0.4, 0.5) is 0 Å². The van der Waals surface area contributed by atoms with Crippen molar-refractivity contribution in [1.82, 2.24) is 9.13 Å². The van der Waals surface area contributed by atoms with Gasteiger partial charge in [-0.3, -0.25) is 0 Å². The lowest BCUT2D eigenvalue weighted by atomic mass is 10.0. The minimum absolute atomic E-state index is 0.926. The zero-order valence-electron chi connectivity index (χ0n) is 23.2. The number of aromatic nitrogens is 2. The molecule has 10 aromatic rings. The maximum absolute atomic E-state index is 6.24. The second kappa shape index (κ2) is 8.37. The summed E-state index contributed by atoms with van der Waals surface area (Å²) in [4.78, 5) is 0. The van der Waals surface area contributed by atoms with Gasteiger partial charge in [-0.15, -0.1) is 0 Å². The van der Waals surface area contributed by atoms with Crippen molar-refractivity contribution in [3.8, 4) is 11.4 Å². The Bertz CT molecular complexity index is 2720. The van der Waals surface area contributed by atoms with Gasteiger partial charge in [0.2, 0.25) is 0 Å². The third-order valence-electron chi connectivity index (χ3n) is 9.08. The Morgan fingerprint density at radius 2 is 0.977 bits per heavy atom. The highest BCUT2D eigenvalue weighted by molar-refractivity contribution is 6.23. The summed E-state index contributed by atoms with van der Waals surface area (Å²) in [5.41, 5.74) is 9.00. The highest BCUT2D eigenvalue weighted by Gasteiger charge is 2.18. The fourth-order valence-electron chi connectivity index (χ4n) is 7.24. The smallest absolute Gasteiger partial charge is 0.136 e. The number of furan rings is 1. The molecule has 3 nitrogen and oxygen atoms in total. The Morgan fingerprint density at radius 3 is 1.77 bits per heavy atom. The fourth-order valence-corrected chi connectivity index (χ4v) is 7.24. The lowest BCUT2D eigenvalue weighted by Gasteiger charge is -2.11. The van der Waals surface area contributed by atoms with Crippen LogP contribution in [0.15, 0.2) is 150 Å². The van der Waals surface area contributed by atoms with E-state index in [0.717, 1.165) is 22.2 Å². The van der Waals surface area contributed by atoms with E-state index in [4.69, 9.17) is 4.42 Å². The Morgan fingerprint density at radius 1 is 0.349 bits per heavy atom. The summed E-state index contributed by atoms with van der Waals surface area (Å²) < 4.78 is 11.0. The summed E-state index contributed by atoms with van der Waals surface area (Å²) in [5.74, 6) is 0. The summed E-state index contributed by atoms with van der Waals surface area (Å²) in [6.45, 7) is 0. The molecule has 0 atom stereocenters. The first-order valence-electron chi connectivity index (χ1n) is 14.7. The van der Waals surface area contributed by atoms with Gasteiger partial charge >= 0.3 is 0 Å². The third-order valence-corrected chi connectivity index (χ3v) is 9.08. The van der Waals surface area contributed by atoms with Gasteiger partial charge in [0.05, 0.1) is 22.1 Å². The molecule has 0 saturated carbocycles. The van der Waals surface area contributed by atoms with Crippen LogP contribution < -0.4 is 0 Å². The molecule has 10 rings (SSSR count). The normalized spacial score (nSPS) is 12.2. The van der Waals surface area contributed by atoms with E-state index in [1.165, 1.54) is 65.5 Å². The Kier molecular flexibility index (Phi) is 4.45. The van der Waals surface area contributed by atoms with Crippen LogP contribution in [0.5, 0.6) is 0 Å². The minimum atomic E-state index is 0.926. The van der Waals surface area contributed by atoms with Gasteiger partial charge in [0.1, 0.15) is 11.2 Å². The standard InChI is InChI=1S/C40H24N2O/c1-2-10-26(11-3-1)41-34-15-7-4-12-28(34)32-23-27(19-20-36(32)41)42-35-16-8-5-13-29(35)33-24-31-25(22-37(33)42)18-21-39-40(31)30-14-6-9-17-38(30)43-39/h1-24H. The Labute approximate surface area is 246 Å². The van der Waals surface area contributed by atoms with Gasteiger partial charge in [-0.25, -0.2) is 0 Å². The van der Waals surface area contributed by atoms with E-state index in [-0.39, 0.29) is 0 Å². The molecule has 0 radical (unpaired) electrons. The van der Waals surface area contributed by atoms with Crippen molar-refractivity contribution >= 4 is 76.3 Å². The van der Waals surface area contributed by atoms with Crippen LogP contribution >= 0.6 is 0 Å². The molecule has 0 fully saturated rings. The number of benzene rings is 7. The topological polar surface area (TPSA) is 23.0 Å². The Hall–Kier alpha value is -5.80. The van der Waals surface area contributed by atoms with Gasteiger partial charge in [-0.2, -0.15) is 0 Å². The molecule has 0 aliphatic heterocycles. The van der Waals surface area contributed by atoms with Crippen LogP contribution in [0, 0.1) is 0 Å². The van der Waals surface area contributed by atoms with Crippen molar-refractivity contribution in [2.45, 2.75) is 0 Å². The first-order valence-corrected chi connectivity index (χ1v) is 14.7. The highest BCUT2D eigenvalue weighted by Crippen LogP contribution is 2.41. The highest BCUT2D eigenvalue weighted by atomic mass is 16.3. The predicted octanol–water partition coefficient (Wildman–Crippen LogP) is 10.9. The molecule has 0 aliphatic rings. The summed E-state index contributed by atoms with van der Waals surface area (Å²) in [7, 11) is 0. The van der Waals surface area contributed by atoms with Crippen LogP contribution in [0.2, 0.25) is 0 Å². The largest absolute Gasteiger partial charge is 0.456 e.